The molecule has 0 aliphatic heterocycles. The first-order valence-electron chi connectivity index (χ1n) is 4.07. The monoisotopic (exact) mass is 192 g/mol. The van der Waals surface area contributed by atoms with Crippen LogP contribution in [-0.2, 0) is 5.88 Å². The molecule has 2 aromatic rings. The van der Waals surface area contributed by atoms with Crippen LogP contribution in [0, 0.1) is 0 Å². The second-order valence-electron chi connectivity index (χ2n) is 3.00. The van der Waals surface area contributed by atoms with Crippen molar-refractivity contribution in [3.05, 3.63) is 42.0 Å². The van der Waals surface area contributed by atoms with Gasteiger partial charge in [-0.05, 0) is 34.5 Å². The molecule has 0 radical (unpaired) electrons. The Morgan fingerprint density at radius 1 is 1.00 bits per heavy atom. The summed E-state index contributed by atoms with van der Waals surface area (Å²) in [6.07, 6.45) is 0. The minimum Gasteiger partial charge on any atom is -0.508 e. The highest BCUT2D eigenvalue weighted by molar-refractivity contribution is 6.17. The number of halogens is 1. The van der Waals surface area contributed by atoms with Crippen molar-refractivity contribution in [3.8, 4) is 5.75 Å². The van der Waals surface area contributed by atoms with Gasteiger partial charge in [0.2, 0.25) is 0 Å². The number of benzene rings is 2. The van der Waals surface area contributed by atoms with E-state index in [1.165, 1.54) is 0 Å². The van der Waals surface area contributed by atoms with Gasteiger partial charge in [-0.2, -0.15) is 0 Å². The van der Waals surface area contributed by atoms with Crippen molar-refractivity contribution in [1.29, 1.82) is 0 Å². The number of phenolic OH excluding ortho intramolecular Hbond substituents is 1. The first-order valence-corrected chi connectivity index (χ1v) is 4.61. The van der Waals surface area contributed by atoms with E-state index in [2.05, 4.69) is 0 Å². The van der Waals surface area contributed by atoms with Crippen molar-refractivity contribution < 1.29 is 5.11 Å². The van der Waals surface area contributed by atoms with Gasteiger partial charge in [-0.25, -0.2) is 0 Å². The van der Waals surface area contributed by atoms with Crippen LogP contribution in [-0.4, -0.2) is 5.11 Å². The van der Waals surface area contributed by atoms with Gasteiger partial charge in [0, 0.05) is 5.88 Å². The lowest BCUT2D eigenvalue weighted by Gasteiger charge is -2.00. The molecule has 0 bridgehead atoms. The van der Waals surface area contributed by atoms with E-state index in [1.807, 2.05) is 24.3 Å². The normalized spacial score (nSPS) is 10.5. The number of phenols is 1. The van der Waals surface area contributed by atoms with Crippen LogP contribution in [0.4, 0.5) is 0 Å². The van der Waals surface area contributed by atoms with E-state index in [0.717, 1.165) is 16.3 Å². The second kappa shape index (κ2) is 3.27. The Labute approximate surface area is 81.6 Å². The molecule has 2 aromatic carbocycles. The molecule has 0 heterocycles. The van der Waals surface area contributed by atoms with Crippen molar-refractivity contribution in [3.63, 3.8) is 0 Å². The van der Waals surface area contributed by atoms with Gasteiger partial charge in [0.05, 0.1) is 0 Å². The first-order chi connectivity index (χ1) is 6.29. The van der Waals surface area contributed by atoms with E-state index in [0.29, 0.717) is 11.6 Å². The summed E-state index contributed by atoms with van der Waals surface area (Å²) in [4.78, 5) is 0. The molecule has 0 aliphatic rings. The van der Waals surface area contributed by atoms with Crippen LogP contribution in [0.2, 0.25) is 0 Å². The molecule has 2 rings (SSSR count). The molecule has 0 fully saturated rings. The summed E-state index contributed by atoms with van der Waals surface area (Å²) in [5, 5.41) is 11.4. The summed E-state index contributed by atoms with van der Waals surface area (Å²) in [6.45, 7) is 0. The van der Waals surface area contributed by atoms with Crippen LogP contribution in [0.15, 0.2) is 36.4 Å². The Bertz CT molecular complexity index is 437. The molecule has 0 unspecified atom stereocenters. The third kappa shape index (κ3) is 1.61. The molecular formula is C11H9ClO. The van der Waals surface area contributed by atoms with Crippen molar-refractivity contribution >= 4 is 22.4 Å². The molecule has 0 aromatic heterocycles. The van der Waals surface area contributed by atoms with Gasteiger partial charge in [-0.15, -0.1) is 11.6 Å². The number of fused-ring (bicyclic) bond motifs is 1. The lowest BCUT2D eigenvalue weighted by atomic mass is 10.1. The topological polar surface area (TPSA) is 20.2 Å². The van der Waals surface area contributed by atoms with E-state index in [4.69, 9.17) is 11.6 Å². The number of hydrogen-bond acceptors (Lipinski definition) is 1. The molecule has 1 nitrogen and oxygen atoms in total. The number of rotatable bonds is 1. The van der Waals surface area contributed by atoms with Gasteiger partial charge in [0.25, 0.3) is 0 Å². The van der Waals surface area contributed by atoms with E-state index in [-0.39, 0.29) is 0 Å². The number of hydrogen-bond donors (Lipinski definition) is 1. The summed E-state index contributed by atoms with van der Waals surface area (Å²) in [6, 6.07) is 11.3. The summed E-state index contributed by atoms with van der Waals surface area (Å²) in [5.74, 6) is 0.822. The maximum absolute atomic E-state index is 9.23. The standard InChI is InChI=1S/C11H9ClO/c12-7-8-1-2-10-6-11(13)4-3-9(10)5-8/h1-6,13H,7H2. The fraction of sp³-hybridized carbons (Fsp3) is 0.0909. The molecular weight excluding hydrogens is 184 g/mol. The molecule has 0 amide bonds. The molecule has 0 spiro atoms. The Morgan fingerprint density at radius 3 is 2.46 bits per heavy atom. The molecule has 0 aliphatic carbocycles. The minimum absolute atomic E-state index is 0.297. The second-order valence-corrected chi connectivity index (χ2v) is 3.27. The Balaban J connectivity index is 2.66. The van der Waals surface area contributed by atoms with Crippen LogP contribution in [0.5, 0.6) is 5.75 Å². The SMILES string of the molecule is Oc1ccc2cc(CCl)ccc2c1. The van der Waals surface area contributed by atoms with Gasteiger partial charge in [-0.3, -0.25) is 0 Å². The fourth-order valence-corrected chi connectivity index (χ4v) is 1.53. The third-order valence-corrected chi connectivity index (χ3v) is 2.35. The lowest BCUT2D eigenvalue weighted by Crippen LogP contribution is -1.78. The van der Waals surface area contributed by atoms with E-state index < -0.39 is 0 Å². The number of alkyl halides is 1. The van der Waals surface area contributed by atoms with Crippen molar-refractivity contribution in [1.82, 2.24) is 0 Å². The summed E-state index contributed by atoms with van der Waals surface area (Å²) < 4.78 is 0. The zero-order valence-electron chi connectivity index (χ0n) is 7.00. The Morgan fingerprint density at radius 2 is 1.69 bits per heavy atom. The van der Waals surface area contributed by atoms with Crippen LogP contribution in [0.3, 0.4) is 0 Å². The van der Waals surface area contributed by atoms with Gasteiger partial charge in [-0.1, -0.05) is 18.2 Å². The molecule has 0 saturated carbocycles. The van der Waals surface area contributed by atoms with Gasteiger partial charge in [0.15, 0.2) is 0 Å². The van der Waals surface area contributed by atoms with E-state index in [1.54, 1.807) is 12.1 Å². The van der Waals surface area contributed by atoms with Crippen molar-refractivity contribution in [2.45, 2.75) is 5.88 Å². The quantitative estimate of drug-likeness (QED) is 0.688. The highest BCUT2D eigenvalue weighted by atomic mass is 35.5. The zero-order valence-corrected chi connectivity index (χ0v) is 7.75. The zero-order chi connectivity index (χ0) is 9.26. The lowest BCUT2D eigenvalue weighted by molar-refractivity contribution is 0.476. The van der Waals surface area contributed by atoms with Crippen LogP contribution in [0.1, 0.15) is 5.56 Å². The van der Waals surface area contributed by atoms with Crippen molar-refractivity contribution in [2.24, 2.45) is 0 Å². The minimum atomic E-state index is 0.297. The molecule has 0 atom stereocenters. The average molecular weight is 193 g/mol. The largest absolute Gasteiger partial charge is 0.508 e. The first kappa shape index (κ1) is 8.39. The fourth-order valence-electron chi connectivity index (χ4n) is 1.37. The summed E-state index contributed by atoms with van der Waals surface area (Å²) in [7, 11) is 0. The van der Waals surface area contributed by atoms with Crippen molar-refractivity contribution in [2.75, 3.05) is 0 Å². The smallest absolute Gasteiger partial charge is 0.116 e. The average Bonchev–Trinajstić information content (AvgIpc) is 2.17. The summed E-state index contributed by atoms with van der Waals surface area (Å²) in [5.41, 5.74) is 1.10. The Kier molecular flexibility index (Phi) is 2.11. The molecule has 2 heteroatoms. The molecule has 0 saturated heterocycles. The highest BCUT2D eigenvalue weighted by Gasteiger charge is 1.96. The molecule has 1 N–H and O–H groups in total. The third-order valence-electron chi connectivity index (χ3n) is 2.04. The van der Waals surface area contributed by atoms with Crippen LogP contribution >= 0.6 is 11.6 Å². The van der Waals surface area contributed by atoms with Crippen LogP contribution in [0.25, 0.3) is 10.8 Å². The molecule has 13 heavy (non-hydrogen) atoms. The summed E-state index contributed by atoms with van der Waals surface area (Å²) >= 11 is 5.71. The van der Waals surface area contributed by atoms with Crippen LogP contribution < -0.4 is 0 Å². The highest BCUT2D eigenvalue weighted by Crippen LogP contribution is 2.21. The maximum atomic E-state index is 9.23. The predicted octanol–water partition coefficient (Wildman–Crippen LogP) is 3.28. The molecule has 66 valence electrons. The Hall–Kier alpha value is -1.21. The van der Waals surface area contributed by atoms with E-state index in [9.17, 15) is 5.11 Å². The maximum Gasteiger partial charge on any atom is 0.116 e. The van der Waals surface area contributed by atoms with Gasteiger partial charge in [0.1, 0.15) is 5.75 Å². The van der Waals surface area contributed by atoms with Gasteiger partial charge < -0.3 is 5.11 Å². The van der Waals surface area contributed by atoms with E-state index >= 15 is 0 Å². The number of aromatic hydroxyl groups is 1. The van der Waals surface area contributed by atoms with Gasteiger partial charge >= 0.3 is 0 Å². The predicted molar refractivity (Wildman–Crippen MR) is 55.2 cm³/mol.